The molecule has 94 valence electrons. The third kappa shape index (κ3) is 3.21. The maximum absolute atomic E-state index is 12.3. The van der Waals surface area contributed by atoms with E-state index in [2.05, 4.69) is 15.9 Å². The summed E-state index contributed by atoms with van der Waals surface area (Å²) in [5.41, 5.74) is 8.43. The second-order valence-corrected chi connectivity index (χ2v) is 6.48. The summed E-state index contributed by atoms with van der Waals surface area (Å²) < 4.78 is 13.3. The van der Waals surface area contributed by atoms with Crippen molar-refractivity contribution in [1.29, 1.82) is 0 Å². The predicted molar refractivity (Wildman–Crippen MR) is 79.8 cm³/mol. The van der Waals surface area contributed by atoms with Gasteiger partial charge in [0.2, 0.25) is 0 Å². The summed E-state index contributed by atoms with van der Waals surface area (Å²) in [5, 5.41) is 0. The largest absolute Gasteiger partial charge is 0.399 e. The fourth-order valence-electron chi connectivity index (χ4n) is 1.78. The topological polar surface area (TPSA) is 43.1 Å². The molecule has 0 aliphatic carbocycles. The number of aryl methyl sites for hydroxylation is 1. The van der Waals surface area contributed by atoms with Gasteiger partial charge in [0.25, 0.3) is 0 Å². The fourth-order valence-corrected chi connectivity index (χ4v) is 3.51. The Kier molecular flexibility index (Phi) is 4.19. The molecule has 0 aromatic heterocycles. The Bertz CT molecular complexity index is 598. The summed E-state index contributed by atoms with van der Waals surface area (Å²) in [6, 6.07) is 13.4. The van der Waals surface area contributed by atoms with Gasteiger partial charge in [-0.1, -0.05) is 28.1 Å². The maximum Gasteiger partial charge on any atom is 0.0576 e. The standard InChI is InChI=1S/C14H14BrNOS/c1-10-7-13(16)5-6-14(10)18(17)9-11-3-2-4-12(15)8-11/h2-8H,9,16H2,1H3. The van der Waals surface area contributed by atoms with E-state index in [1.165, 1.54) is 0 Å². The minimum Gasteiger partial charge on any atom is -0.399 e. The summed E-state index contributed by atoms with van der Waals surface area (Å²) in [7, 11) is -1.04. The zero-order valence-corrected chi connectivity index (χ0v) is 12.4. The van der Waals surface area contributed by atoms with Crippen molar-refractivity contribution in [3.8, 4) is 0 Å². The van der Waals surface area contributed by atoms with Gasteiger partial charge < -0.3 is 5.73 Å². The number of hydrogen-bond acceptors (Lipinski definition) is 2. The first kappa shape index (κ1) is 13.3. The second kappa shape index (κ2) is 5.67. The number of anilines is 1. The average molecular weight is 324 g/mol. The second-order valence-electron chi connectivity index (χ2n) is 4.14. The molecule has 1 unspecified atom stereocenters. The lowest BCUT2D eigenvalue weighted by Gasteiger charge is -2.07. The summed E-state index contributed by atoms with van der Waals surface area (Å²) in [5.74, 6) is 0.518. The molecule has 0 radical (unpaired) electrons. The number of hydrogen-bond donors (Lipinski definition) is 1. The van der Waals surface area contributed by atoms with E-state index in [9.17, 15) is 4.21 Å². The molecule has 0 saturated carbocycles. The highest BCUT2D eigenvalue weighted by atomic mass is 79.9. The first-order chi connectivity index (χ1) is 8.56. The molecule has 0 fully saturated rings. The number of rotatable bonds is 3. The summed E-state index contributed by atoms with van der Waals surface area (Å²) >= 11 is 3.42. The van der Waals surface area contributed by atoms with Crippen molar-refractivity contribution in [3.63, 3.8) is 0 Å². The Morgan fingerprint density at radius 2 is 2.00 bits per heavy atom. The highest BCUT2D eigenvalue weighted by Crippen LogP contribution is 2.20. The summed E-state index contributed by atoms with van der Waals surface area (Å²) in [6.07, 6.45) is 0. The molecule has 0 spiro atoms. The third-order valence-corrected chi connectivity index (χ3v) is 4.67. The molecule has 18 heavy (non-hydrogen) atoms. The van der Waals surface area contributed by atoms with E-state index in [0.29, 0.717) is 11.4 Å². The quantitative estimate of drug-likeness (QED) is 0.876. The summed E-state index contributed by atoms with van der Waals surface area (Å²) in [6.45, 7) is 1.94. The van der Waals surface area contributed by atoms with Crippen LogP contribution >= 0.6 is 15.9 Å². The van der Waals surface area contributed by atoms with E-state index in [-0.39, 0.29) is 0 Å². The number of halogens is 1. The first-order valence-electron chi connectivity index (χ1n) is 5.55. The van der Waals surface area contributed by atoms with Crippen LogP contribution < -0.4 is 5.73 Å². The van der Waals surface area contributed by atoms with Crippen molar-refractivity contribution >= 4 is 32.4 Å². The summed E-state index contributed by atoms with van der Waals surface area (Å²) in [4.78, 5) is 0.851. The van der Waals surface area contributed by atoms with Crippen LogP contribution in [0.5, 0.6) is 0 Å². The molecule has 0 amide bonds. The number of benzene rings is 2. The van der Waals surface area contributed by atoms with Crippen LogP contribution in [-0.4, -0.2) is 4.21 Å². The highest BCUT2D eigenvalue weighted by Gasteiger charge is 2.08. The lowest BCUT2D eigenvalue weighted by Crippen LogP contribution is -1.99. The zero-order valence-electron chi connectivity index (χ0n) is 10.0. The van der Waals surface area contributed by atoms with Gasteiger partial charge in [-0.3, -0.25) is 4.21 Å². The van der Waals surface area contributed by atoms with Gasteiger partial charge in [0.15, 0.2) is 0 Å². The van der Waals surface area contributed by atoms with Gasteiger partial charge in [-0.15, -0.1) is 0 Å². The Morgan fingerprint density at radius 1 is 1.22 bits per heavy atom. The molecule has 4 heteroatoms. The normalized spacial score (nSPS) is 12.3. The van der Waals surface area contributed by atoms with Crippen LogP contribution in [0.4, 0.5) is 5.69 Å². The Balaban J connectivity index is 2.22. The molecule has 2 N–H and O–H groups in total. The molecule has 0 saturated heterocycles. The van der Waals surface area contributed by atoms with Crippen LogP contribution in [-0.2, 0) is 16.6 Å². The lowest BCUT2D eigenvalue weighted by molar-refractivity contribution is 0.682. The monoisotopic (exact) mass is 323 g/mol. The van der Waals surface area contributed by atoms with E-state index in [1.807, 2.05) is 43.3 Å². The van der Waals surface area contributed by atoms with E-state index in [0.717, 1.165) is 20.5 Å². The van der Waals surface area contributed by atoms with Gasteiger partial charge >= 0.3 is 0 Å². The Labute approximate surface area is 118 Å². The smallest absolute Gasteiger partial charge is 0.0576 e. The number of nitrogens with two attached hydrogens (primary N) is 1. The maximum atomic E-state index is 12.3. The van der Waals surface area contributed by atoms with E-state index >= 15 is 0 Å². The van der Waals surface area contributed by atoms with Crippen LogP contribution in [0.1, 0.15) is 11.1 Å². The van der Waals surface area contributed by atoms with Gasteiger partial charge in [-0.25, -0.2) is 0 Å². The zero-order chi connectivity index (χ0) is 13.1. The molecule has 0 bridgehead atoms. The van der Waals surface area contributed by atoms with E-state index in [1.54, 1.807) is 6.07 Å². The van der Waals surface area contributed by atoms with E-state index in [4.69, 9.17) is 5.73 Å². The van der Waals surface area contributed by atoms with Gasteiger partial charge in [-0.05, 0) is 48.4 Å². The molecular weight excluding hydrogens is 310 g/mol. The van der Waals surface area contributed by atoms with Crippen molar-refractivity contribution < 1.29 is 4.21 Å². The minimum atomic E-state index is -1.04. The predicted octanol–water partition coefficient (Wildman–Crippen LogP) is 3.65. The molecule has 0 aliphatic heterocycles. The van der Waals surface area contributed by atoms with Crippen LogP contribution in [0.15, 0.2) is 51.8 Å². The van der Waals surface area contributed by atoms with Crippen LogP contribution in [0.3, 0.4) is 0 Å². The van der Waals surface area contributed by atoms with Crippen LogP contribution in [0.2, 0.25) is 0 Å². The Morgan fingerprint density at radius 3 is 2.67 bits per heavy atom. The van der Waals surface area contributed by atoms with Crippen molar-refractivity contribution in [3.05, 3.63) is 58.1 Å². The fraction of sp³-hybridized carbons (Fsp3) is 0.143. The lowest BCUT2D eigenvalue weighted by atomic mass is 10.2. The Hall–Kier alpha value is -1.13. The van der Waals surface area contributed by atoms with Gasteiger partial charge in [-0.2, -0.15) is 0 Å². The molecule has 2 rings (SSSR count). The molecule has 0 heterocycles. The van der Waals surface area contributed by atoms with Crippen molar-refractivity contribution in [2.24, 2.45) is 0 Å². The SMILES string of the molecule is Cc1cc(N)ccc1S(=O)Cc1cccc(Br)c1. The number of nitrogen functional groups attached to an aromatic ring is 1. The molecule has 1 atom stereocenters. The van der Waals surface area contributed by atoms with Crippen LogP contribution in [0, 0.1) is 6.92 Å². The van der Waals surface area contributed by atoms with Crippen molar-refractivity contribution in [2.75, 3.05) is 5.73 Å². The first-order valence-corrected chi connectivity index (χ1v) is 7.66. The van der Waals surface area contributed by atoms with Gasteiger partial charge in [0.05, 0.1) is 16.6 Å². The van der Waals surface area contributed by atoms with Crippen LogP contribution in [0.25, 0.3) is 0 Å². The third-order valence-electron chi connectivity index (χ3n) is 2.63. The average Bonchev–Trinajstić information content (AvgIpc) is 2.28. The van der Waals surface area contributed by atoms with Crippen molar-refractivity contribution in [1.82, 2.24) is 0 Å². The molecule has 2 nitrogen and oxygen atoms in total. The molecule has 0 aliphatic rings. The van der Waals surface area contributed by atoms with Gasteiger partial charge in [0.1, 0.15) is 0 Å². The van der Waals surface area contributed by atoms with Crippen molar-refractivity contribution in [2.45, 2.75) is 17.6 Å². The highest BCUT2D eigenvalue weighted by molar-refractivity contribution is 9.10. The minimum absolute atomic E-state index is 0.518. The van der Waals surface area contributed by atoms with Gasteiger partial charge in [0, 0.05) is 15.1 Å². The molecule has 2 aromatic carbocycles. The van der Waals surface area contributed by atoms with E-state index < -0.39 is 10.8 Å². The molecular formula is C14H14BrNOS. The molecule has 2 aromatic rings.